The van der Waals surface area contributed by atoms with Gasteiger partial charge in [-0.25, -0.2) is 0 Å². The zero-order valence-corrected chi connectivity index (χ0v) is 22.4. The van der Waals surface area contributed by atoms with Gasteiger partial charge in [-0.3, -0.25) is 4.79 Å². The van der Waals surface area contributed by atoms with Crippen molar-refractivity contribution in [1.82, 2.24) is 0 Å². The van der Waals surface area contributed by atoms with E-state index in [0.29, 0.717) is 17.8 Å². The van der Waals surface area contributed by atoms with Gasteiger partial charge in [-0.15, -0.1) is 0 Å². The molecule has 0 amide bonds. The molecular weight excluding hydrogens is 424 g/mol. The summed E-state index contributed by atoms with van der Waals surface area (Å²) < 4.78 is 0. The maximum absolute atomic E-state index is 13.6. The molecule has 0 aromatic heterocycles. The highest BCUT2D eigenvalue weighted by Crippen LogP contribution is 2.70. The monoisotopic (exact) mass is 472 g/mol. The highest BCUT2D eigenvalue weighted by Gasteiger charge is 2.64. The van der Waals surface area contributed by atoms with Gasteiger partial charge in [0.05, 0.1) is 18.8 Å². The lowest BCUT2D eigenvalue weighted by Gasteiger charge is -2.64. The fourth-order valence-electron chi connectivity index (χ4n) is 10.9. The Labute approximate surface area is 206 Å². The molecule has 0 aliphatic heterocycles. The normalized spacial score (nSPS) is 54.6. The second-order valence-corrected chi connectivity index (χ2v) is 14.8. The SMILES string of the molecule is CC1(C)[C@H](O)CC[C@]2(C)[C@@H]3CC[C@H]4[C@@](C)(CC[C@@H]5[C@]4(C)CC[C@@H](O)[C@]5(C)CO)CC3=CC(=O)[C@@H]12. The summed E-state index contributed by atoms with van der Waals surface area (Å²) in [6, 6.07) is 0. The van der Waals surface area contributed by atoms with Crippen LogP contribution >= 0.6 is 0 Å². The van der Waals surface area contributed by atoms with Crippen molar-refractivity contribution in [2.45, 2.75) is 112 Å². The number of aliphatic hydroxyl groups excluding tert-OH is 3. The summed E-state index contributed by atoms with van der Waals surface area (Å²) >= 11 is 0. The number of hydrogen-bond acceptors (Lipinski definition) is 4. The largest absolute Gasteiger partial charge is 0.396 e. The van der Waals surface area contributed by atoms with E-state index < -0.39 is 23.0 Å². The molecular formula is C30H48O4. The van der Waals surface area contributed by atoms with Crippen molar-refractivity contribution in [3.05, 3.63) is 11.6 Å². The summed E-state index contributed by atoms with van der Waals surface area (Å²) in [7, 11) is 0. The molecule has 192 valence electrons. The lowest BCUT2D eigenvalue weighted by Crippen LogP contribution is -2.60. The lowest BCUT2D eigenvalue weighted by atomic mass is 9.42. The van der Waals surface area contributed by atoms with Gasteiger partial charge in [0.15, 0.2) is 5.78 Å². The molecule has 0 aromatic rings. The Morgan fingerprint density at radius 1 is 0.824 bits per heavy atom. The predicted octanol–water partition coefficient (Wildman–Crippen LogP) is 5.29. The molecule has 0 saturated heterocycles. The van der Waals surface area contributed by atoms with Crippen molar-refractivity contribution >= 4 is 5.78 Å². The Morgan fingerprint density at radius 2 is 1.47 bits per heavy atom. The number of aliphatic hydroxyl groups is 3. The summed E-state index contributed by atoms with van der Waals surface area (Å²) in [4.78, 5) is 13.6. The standard InChI is InChI=1S/C30H48O4/c1-26(2)23(33)10-13-28(4)19-7-8-21-27(3,16-18(19)15-20(32)25(26)28)12-9-22-29(21,5)14-11-24(34)30(22,6)17-31/h15,19,21-25,31,33-34H,7-14,16-17H2,1-6H3/t19-,21+,22-,23-,24-,25+,27+,28-,29-,30-/m1/s1. The van der Waals surface area contributed by atoms with Gasteiger partial charge in [0.1, 0.15) is 0 Å². The first-order valence-corrected chi connectivity index (χ1v) is 14.0. The molecule has 5 aliphatic rings. The number of carbonyl (C=O) groups is 1. The van der Waals surface area contributed by atoms with E-state index in [-0.39, 0.29) is 34.6 Å². The van der Waals surface area contributed by atoms with Gasteiger partial charge in [-0.2, -0.15) is 0 Å². The zero-order chi connectivity index (χ0) is 24.9. The van der Waals surface area contributed by atoms with Crippen LogP contribution in [0.25, 0.3) is 0 Å². The maximum atomic E-state index is 13.6. The summed E-state index contributed by atoms with van der Waals surface area (Å²) in [5, 5.41) is 32.1. The minimum atomic E-state index is -0.427. The first kappa shape index (κ1) is 25.0. The number of rotatable bonds is 1. The van der Waals surface area contributed by atoms with E-state index in [1.165, 1.54) is 5.57 Å². The number of carbonyl (C=O) groups excluding carboxylic acids is 1. The number of ketones is 1. The summed E-state index contributed by atoms with van der Waals surface area (Å²) in [6.07, 6.45) is 10.1. The van der Waals surface area contributed by atoms with E-state index in [2.05, 4.69) is 41.5 Å². The van der Waals surface area contributed by atoms with Gasteiger partial charge >= 0.3 is 0 Å². The molecule has 4 nitrogen and oxygen atoms in total. The van der Waals surface area contributed by atoms with Crippen LogP contribution < -0.4 is 0 Å². The minimum absolute atomic E-state index is 0.0529. The van der Waals surface area contributed by atoms with E-state index in [1.54, 1.807) is 0 Å². The topological polar surface area (TPSA) is 77.8 Å². The van der Waals surface area contributed by atoms with E-state index in [4.69, 9.17) is 0 Å². The van der Waals surface area contributed by atoms with Crippen molar-refractivity contribution in [2.24, 2.45) is 50.7 Å². The third kappa shape index (κ3) is 3.10. The van der Waals surface area contributed by atoms with Gasteiger partial charge in [0.2, 0.25) is 0 Å². The van der Waals surface area contributed by atoms with Gasteiger partial charge in [0.25, 0.3) is 0 Å². The van der Waals surface area contributed by atoms with Crippen LogP contribution in [0.2, 0.25) is 0 Å². The second kappa shape index (κ2) is 7.65. The van der Waals surface area contributed by atoms with E-state index >= 15 is 0 Å². The van der Waals surface area contributed by atoms with Crippen LogP contribution in [0, 0.1) is 50.7 Å². The third-order valence-corrected chi connectivity index (χ3v) is 12.7. The molecule has 10 atom stereocenters. The second-order valence-electron chi connectivity index (χ2n) is 14.8. The van der Waals surface area contributed by atoms with Crippen LogP contribution in [0.3, 0.4) is 0 Å². The molecule has 0 unspecified atom stereocenters. The molecule has 34 heavy (non-hydrogen) atoms. The molecule has 3 N–H and O–H groups in total. The maximum Gasteiger partial charge on any atom is 0.159 e. The van der Waals surface area contributed by atoms with Crippen LogP contribution in [0.4, 0.5) is 0 Å². The van der Waals surface area contributed by atoms with Gasteiger partial charge in [-0.05, 0) is 97.9 Å². The molecule has 0 aromatic carbocycles. The molecule has 5 rings (SSSR count). The van der Waals surface area contributed by atoms with E-state index in [1.807, 2.05) is 6.08 Å². The third-order valence-electron chi connectivity index (χ3n) is 12.7. The van der Waals surface area contributed by atoms with Crippen LogP contribution in [0.1, 0.15) is 99.3 Å². The number of hydrogen-bond donors (Lipinski definition) is 3. The van der Waals surface area contributed by atoms with Gasteiger partial charge in [0, 0.05) is 16.7 Å². The Bertz CT molecular complexity index is 892. The van der Waals surface area contributed by atoms with Crippen LogP contribution in [-0.4, -0.2) is 39.9 Å². The van der Waals surface area contributed by atoms with Crippen molar-refractivity contribution in [3.63, 3.8) is 0 Å². The van der Waals surface area contributed by atoms with Crippen molar-refractivity contribution < 1.29 is 20.1 Å². The molecule has 0 spiro atoms. The van der Waals surface area contributed by atoms with Gasteiger partial charge in [-0.1, -0.05) is 47.1 Å². The van der Waals surface area contributed by atoms with E-state index in [0.717, 1.165) is 57.8 Å². The Morgan fingerprint density at radius 3 is 2.15 bits per heavy atom. The zero-order valence-electron chi connectivity index (χ0n) is 22.4. The first-order valence-electron chi connectivity index (χ1n) is 14.0. The average Bonchev–Trinajstić information content (AvgIpc) is 2.90. The Kier molecular flexibility index (Phi) is 5.62. The van der Waals surface area contributed by atoms with Crippen molar-refractivity contribution in [1.29, 1.82) is 0 Å². The molecule has 4 saturated carbocycles. The molecule has 4 heteroatoms. The minimum Gasteiger partial charge on any atom is -0.396 e. The van der Waals surface area contributed by atoms with E-state index in [9.17, 15) is 20.1 Å². The van der Waals surface area contributed by atoms with Crippen LogP contribution in [0.5, 0.6) is 0 Å². The lowest BCUT2D eigenvalue weighted by molar-refractivity contribution is -0.189. The quantitative estimate of drug-likeness (QED) is 0.484. The number of allylic oxidation sites excluding steroid dienone is 2. The highest BCUT2D eigenvalue weighted by molar-refractivity contribution is 5.95. The Balaban J connectivity index is 1.54. The van der Waals surface area contributed by atoms with Crippen molar-refractivity contribution in [2.75, 3.05) is 6.61 Å². The predicted molar refractivity (Wildman–Crippen MR) is 134 cm³/mol. The molecule has 0 heterocycles. The molecule has 0 bridgehead atoms. The van der Waals surface area contributed by atoms with Gasteiger partial charge < -0.3 is 15.3 Å². The first-order chi connectivity index (χ1) is 15.7. The van der Waals surface area contributed by atoms with Crippen LogP contribution in [0.15, 0.2) is 11.6 Å². The molecule has 4 fully saturated rings. The Hall–Kier alpha value is -0.710. The fraction of sp³-hybridized carbons (Fsp3) is 0.900. The number of fused-ring (bicyclic) bond motifs is 6. The molecule has 0 radical (unpaired) electrons. The highest BCUT2D eigenvalue weighted by atomic mass is 16.3. The summed E-state index contributed by atoms with van der Waals surface area (Å²) in [6.45, 7) is 13.6. The summed E-state index contributed by atoms with van der Waals surface area (Å²) in [5.41, 5.74) is 0.722. The average molecular weight is 473 g/mol. The van der Waals surface area contributed by atoms with Crippen LogP contribution in [-0.2, 0) is 4.79 Å². The summed E-state index contributed by atoms with van der Waals surface area (Å²) in [5.74, 6) is 1.40. The smallest absolute Gasteiger partial charge is 0.159 e. The fourth-order valence-corrected chi connectivity index (χ4v) is 10.9. The van der Waals surface area contributed by atoms with Crippen molar-refractivity contribution in [3.8, 4) is 0 Å². The molecule has 5 aliphatic carbocycles.